The maximum Gasteiger partial charge on any atom is 0.363 e. The number of ether oxygens (including phenoxy) is 2. The third kappa shape index (κ3) is 4.38. The monoisotopic (exact) mass is 433 g/mol. The number of aliphatic imine (C=N–C) groups is 1. The fourth-order valence-electron chi connectivity index (χ4n) is 2.68. The van der Waals surface area contributed by atoms with Gasteiger partial charge < -0.3 is 9.47 Å². The fourth-order valence-corrected chi connectivity index (χ4v) is 2.95. The van der Waals surface area contributed by atoms with E-state index in [2.05, 4.69) is 20.9 Å². The molecule has 0 aromatic heterocycles. The molecule has 5 heteroatoms. The molecule has 4 rings (SSSR count). The lowest BCUT2D eigenvalue weighted by Gasteiger charge is -2.06. The molecule has 0 saturated heterocycles. The van der Waals surface area contributed by atoms with Crippen LogP contribution >= 0.6 is 15.9 Å². The minimum Gasteiger partial charge on any atom is -0.489 e. The van der Waals surface area contributed by atoms with Gasteiger partial charge in [0.25, 0.3) is 0 Å². The van der Waals surface area contributed by atoms with Crippen molar-refractivity contribution in [1.29, 1.82) is 0 Å². The molecule has 0 fully saturated rings. The molecular weight excluding hydrogens is 418 g/mol. The summed E-state index contributed by atoms with van der Waals surface area (Å²) in [5.41, 5.74) is 2.98. The Morgan fingerprint density at radius 2 is 1.64 bits per heavy atom. The molecule has 0 bridgehead atoms. The first-order chi connectivity index (χ1) is 13.7. The largest absolute Gasteiger partial charge is 0.489 e. The van der Waals surface area contributed by atoms with Crippen LogP contribution in [0.2, 0.25) is 0 Å². The molecule has 1 heterocycles. The molecule has 3 aromatic rings. The van der Waals surface area contributed by atoms with Crippen LogP contribution in [0.15, 0.2) is 94.0 Å². The average molecular weight is 434 g/mol. The summed E-state index contributed by atoms with van der Waals surface area (Å²) in [7, 11) is 0. The SMILES string of the molecule is O=C1OC(c2ccc(Br)cc2)=N/C1=C\c1ccc(OCc2ccccc2)cc1. The number of rotatable bonds is 5. The molecule has 138 valence electrons. The number of hydrogen-bond acceptors (Lipinski definition) is 4. The number of nitrogens with zero attached hydrogens (tertiary/aromatic N) is 1. The van der Waals surface area contributed by atoms with Gasteiger partial charge in [-0.05, 0) is 53.6 Å². The van der Waals surface area contributed by atoms with Gasteiger partial charge in [-0.2, -0.15) is 0 Å². The first-order valence-corrected chi connectivity index (χ1v) is 9.52. The highest BCUT2D eigenvalue weighted by atomic mass is 79.9. The van der Waals surface area contributed by atoms with Crippen LogP contribution < -0.4 is 4.74 Å². The van der Waals surface area contributed by atoms with E-state index in [0.29, 0.717) is 12.5 Å². The third-order valence-corrected chi connectivity index (χ3v) is 4.67. The zero-order valence-corrected chi connectivity index (χ0v) is 16.4. The van der Waals surface area contributed by atoms with Crippen LogP contribution in [0.5, 0.6) is 5.75 Å². The van der Waals surface area contributed by atoms with E-state index in [4.69, 9.17) is 9.47 Å². The lowest BCUT2D eigenvalue weighted by atomic mass is 10.2. The van der Waals surface area contributed by atoms with Crippen molar-refractivity contribution >= 4 is 33.9 Å². The molecule has 0 atom stereocenters. The van der Waals surface area contributed by atoms with Crippen LogP contribution in [0.4, 0.5) is 0 Å². The maximum absolute atomic E-state index is 12.1. The van der Waals surface area contributed by atoms with Gasteiger partial charge in [0.1, 0.15) is 12.4 Å². The van der Waals surface area contributed by atoms with E-state index in [0.717, 1.165) is 26.9 Å². The van der Waals surface area contributed by atoms with E-state index in [-0.39, 0.29) is 5.70 Å². The minimum atomic E-state index is -0.456. The molecule has 3 aromatic carbocycles. The molecule has 1 aliphatic heterocycles. The predicted octanol–water partition coefficient (Wildman–Crippen LogP) is 5.37. The van der Waals surface area contributed by atoms with Gasteiger partial charge in [0.15, 0.2) is 5.70 Å². The van der Waals surface area contributed by atoms with E-state index < -0.39 is 5.97 Å². The number of carbonyl (C=O) groups is 1. The molecular formula is C23H16BrNO3. The van der Waals surface area contributed by atoms with Crippen molar-refractivity contribution in [2.75, 3.05) is 0 Å². The molecule has 0 radical (unpaired) electrons. The number of hydrogen-bond donors (Lipinski definition) is 0. The summed E-state index contributed by atoms with van der Waals surface area (Å²) in [6.45, 7) is 0.508. The number of halogens is 1. The van der Waals surface area contributed by atoms with Crippen molar-refractivity contribution in [3.8, 4) is 5.75 Å². The highest BCUT2D eigenvalue weighted by Gasteiger charge is 2.24. The van der Waals surface area contributed by atoms with Crippen molar-refractivity contribution < 1.29 is 14.3 Å². The molecule has 0 amide bonds. The Morgan fingerprint density at radius 1 is 0.929 bits per heavy atom. The highest BCUT2D eigenvalue weighted by molar-refractivity contribution is 9.10. The lowest BCUT2D eigenvalue weighted by Crippen LogP contribution is -2.05. The van der Waals surface area contributed by atoms with Gasteiger partial charge in [-0.15, -0.1) is 0 Å². The summed E-state index contributed by atoms with van der Waals surface area (Å²) >= 11 is 3.38. The Hall–Kier alpha value is -3.18. The fraction of sp³-hybridized carbons (Fsp3) is 0.0435. The zero-order valence-electron chi connectivity index (χ0n) is 14.8. The van der Waals surface area contributed by atoms with E-state index >= 15 is 0 Å². The van der Waals surface area contributed by atoms with Crippen molar-refractivity contribution in [2.45, 2.75) is 6.61 Å². The van der Waals surface area contributed by atoms with Crippen molar-refractivity contribution in [1.82, 2.24) is 0 Å². The van der Waals surface area contributed by atoms with Gasteiger partial charge in [0, 0.05) is 10.0 Å². The smallest absolute Gasteiger partial charge is 0.363 e. The Kier molecular flexibility index (Phi) is 5.35. The quantitative estimate of drug-likeness (QED) is 0.401. The molecule has 0 spiro atoms. The van der Waals surface area contributed by atoms with Gasteiger partial charge in [0.05, 0.1) is 0 Å². The normalized spacial score (nSPS) is 14.7. The van der Waals surface area contributed by atoms with Gasteiger partial charge in [0.2, 0.25) is 5.90 Å². The molecule has 0 aliphatic carbocycles. The maximum atomic E-state index is 12.1. The second kappa shape index (κ2) is 8.23. The Morgan fingerprint density at radius 3 is 2.36 bits per heavy atom. The van der Waals surface area contributed by atoms with Crippen molar-refractivity contribution in [3.63, 3.8) is 0 Å². The topological polar surface area (TPSA) is 47.9 Å². The van der Waals surface area contributed by atoms with E-state index in [1.54, 1.807) is 6.08 Å². The molecule has 1 aliphatic rings. The summed E-state index contributed by atoms with van der Waals surface area (Å²) < 4.78 is 12.0. The van der Waals surface area contributed by atoms with Gasteiger partial charge in [-0.25, -0.2) is 9.79 Å². The molecule has 28 heavy (non-hydrogen) atoms. The second-order valence-electron chi connectivity index (χ2n) is 6.19. The molecule has 0 saturated carbocycles. The van der Waals surface area contributed by atoms with Crippen LogP contribution in [0.1, 0.15) is 16.7 Å². The first kappa shape index (κ1) is 18.2. The summed E-state index contributed by atoms with van der Waals surface area (Å²) in [6.07, 6.45) is 1.70. The Bertz CT molecular complexity index is 1040. The van der Waals surface area contributed by atoms with E-state index in [9.17, 15) is 4.79 Å². The zero-order chi connectivity index (χ0) is 19.3. The van der Waals surface area contributed by atoms with Crippen LogP contribution in [-0.4, -0.2) is 11.9 Å². The number of cyclic esters (lactones) is 1. The van der Waals surface area contributed by atoms with Crippen LogP contribution in [0.3, 0.4) is 0 Å². The predicted molar refractivity (Wildman–Crippen MR) is 112 cm³/mol. The van der Waals surface area contributed by atoms with Crippen molar-refractivity contribution in [2.24, 2.45) is 4.99 Å². The van der Waals surface area contributed by atoms with Crippen LogP contribution in [0.25, 0.3) is 6.08 Å². The van der Waals surface area contributed by atoms with Gasteiger partial charge in [-0.3, -0.25) is 0 Å². The van der Waals surface area contributed by atoms with Crippen LogP contribution in [0, 0.1) is 0 Å². The van der Waals surface area contributed by atoms with Gasteiger partial charge >= 0.3 is 5.97 Å². The van der Waals surface area contributed by atoms with E-state index in [1.807, 2.05) is 78.9 Å². The molecule has 0 N–H and O–H groups in total. The highest BCUT2D eigenvalue weighted by Crippen LogP contribution is 2.22. The number of esters is 1. The molecule has 0 unspecified atom stereocenters. The Labute approximate surface area is 171 Å². The summed E-state index contributed by atoms with van der Waals surface area (Å²) in [5.74, 6) is 0.618. The average Bonchev–Trinajstić information content (AvgIpc) is 3.09. The minimum absolute atomic E-state index is 0.274. The second-order valence-corrected chi connectivity index (χ2v) is 7.10. The third-order valence-electron chi connectivity index (χ3n) is 4.14. The summed E-state index contributed by atoms with van der Waals surface area (Å²) in [5, 5.41) is 0. The summed E-state index contributed by atoms with van der Waals surface area (Å²) in [4.78, 5) is 16.4. The van der Waals surface area contributed by atoms with E-state index in [1.165, 1.54) is 0 Å². The number of carbonyl (C=O) groups excluding carboxylic acids is 1. The molecule has 4 nitrogen and oxygen atoms in total. The lowest BCUT2D eigenvalue weighted by molar-refractivity contribution is -0.129. The Balaban J connectivity index is 1.46. The number of benzene rings is 3. The van der Waals surface area contributed by atoms with Crippen LogP contribution in [-0.2, 0) is 16.1 Å². The van der Waals surface area contributed by atoms with Crippen molar-refractivity contribution in [3.05, 3.63) is 106 Å². The van der Waals surface area contributed by atoms with Gasteiger partial charge in [-0.1, -0.05) is 58.4 Å². The standard InChI is InChI=1S/C23H16BrNO3/c24-19-10-8-18(9-11-19)22-25-21(23(26)28-22)14-16-6-12-20(13-7-16)27-15-17-4-2-1-3-5-17/h1-14H,15H2/b21-14-. The summed E-state index contributed by atoms with van der Waals surface area (Å²) in [6, 6.07) is 24.9. The first-order valence-electron chi connectivity index (χ1n) is 8.73.